The molecule has 2 aliphatic rings. The molecule has 0 spiro atoms. The summed E-state index contributed by atoms with van der Waals surface area (Å²) < 4.78 is 9.72. The van der Waals surface area contributed by atoms with Gasteiger partial charge in [0, 0.05) is 51.2 Å². The molecule has 0 amide bonds. The molecule has 7 nitrogen and oxygen atoms in total. The third kappa shape index (κ3) is 3.23. The van der Waals surface area contributed by atoms with Gasteiger partial charge in [-0.05, 0) is 32.2 Å². The third-order valence-electron chi connectivity index (χ3n) is 5.41. The lowest BCUT2D eigenvalue weighted by atomic mass is 9.94. The molecule has 130 valence electrons. The molecule has 0 aliphatic carbocycles. The monoisotopic (exact) mass is 330 g/mol. The van der Waals surface area contributed by atoms with Crippen molar-refractivity contribution >= 4 is 0 Å². The molecule has 2 fully saturated rings. The van der Waals surface area contributed by atoms with Crippen molar-refractivity contribution in [3.05, 3.63) is 30.4 Å². The van der Waals surface area contributed by atoms with E-state index in [0.29, 0.717) is 12.0 Å². The summed E-state index contributed by atoms with van der Waals surface area (Å²) in [5.74, 6) is 2.60. The van der Waals surface area contributed by atoms with Crippen molar-refractivity contribution in [2.45, 2.75) is 44.2 Å². The lowest BCUT2D eigenvalue weighted by Gasteiger charge is -2.39. The molecular weight excluding hydrogens is 304 g/mol. The first-order valence-electron chi connectivity index (χ1n) is 8.97. The van der Waals surface area contributed by atoms with Gasteiger partial charge in [0.15, 0.2) is 5.82 Å². The normalized spacial score (nSPS) is 23.6. The number of aromatic nitrogens is 5. The maximum atomic E-state index is 5.51. The van der Waals surface area contributed by atoms with E-state index in [0.717, 1.165) is 50.8 Å². The molecule has 2 aromatic rings. The predicted molar refractivity (Wildman–Crippen MR) is 89.7 cm³/mol. The fourth-order valence-electron chi connectivity index (χ4n) is 4.01. The summed E-state index contributed by atoms with van der Waals surface area (Å²) in [7, 11) is 2.09. The van der Waals surface area contributed by atoms with E-state index in [1.165, 1.54) is 19.4 Å². The standard InChI is InChI=1S/C17H26N6O/c1-21-16(12-22-8-6-18-13-22)19-20-17(21)14-3-2-7-23(11-14)15-4-9-24-10-5-15/h6,8,13-15H,2-5,7,9-12H2,1H3. The first kappa shape index (κ1) is 15.8. The summed E-state index contributed by atoms with van der Waals surface area (Å²) in [5, 5.41) is 8.96. The number of likely N-dealkylation sites (tertiary alicyclic amines) is 1. The van der Waals surface area contributed by atoms with Crippen LogP contribution < -0.4 is 0 Å². The van der Waals surface area contributed by atoms with E-state index >= 15 is 0 Å². The quantitative estimate of drug-likeness (QED) is 0.848. The maximum absolute atomic E-state index is 5.51. The average Bonchev–Trinajstić information content (AvgIpc) is 3.27. The molecule has 2 aromatic heterocycles. The smallest absolute Gasteiger partial charge is 0.152 e. The number of hydrogen-bond acceptors (Lipinski definition) is 5. The van der Waals surface area contributed by atoms with Gasteiger partial charge in [0.1, 0.15) is 5.82 Å². The highest BCUT2D eigenvalue weighted by Gasteiger charge is 2.30. The van der Waals surface area contributed by atoms with E-state index in [4.69, 9.17) is 4.74 Å². The largest absolute Gasteiger partial charge is 0.381 e. The molecule has 4 heterocycles. The number of ether oxygens (including phenoxy) is 1. The van der Waals surface area contributed by atoms with Crippen LogP contribution in [0.1, 0.15) is 43.3 Å². The number of piperidine rings is 1. The molecule has 0 saturated carbocycles. The van der Waals surface area contributed by atoms with Crippen molar-refractivity contribution < 1.29 is 4.74 Å². The molecule has 1 atom stereocenters. The third-order valence-corrected chi connectivity index (χ3v) is 5.41. The average molecular weight is 330 g/mol. The number of rotatable bonds is 4. The molecule has 0 bridgehead atoms. The second-order valence-electron chi connectivity index (χ2n) is 6.95. The number of imidazole rings is 1. The highest BCUT2D eigenvalue weighted by Crippen LogP contribution is 2.29. The van der Waals surface area contributed by atoms with Crippen LogP contribution in [0.15, 0.2) is 18.7 Å². The Morgan fingerprint density at radius 2 is 2.08 bits per heavy atom. The zero-order valence-electron chi connectivity index (χ0n) is 14.3. The maximum Gasteiger partial charge on any atom is 0.152 e. The summed E-state index contributed by atoms with van der Waals surface area (Å²) in [6.45, 7) is 4.85. The second kappa shape index (κ2) is 7.03. The number of hydrogen-bond donors (Lipinski definition) is 0. The van der Waals surface area contributed by atoms with E-state index in [-0.39, 0.29) is 0 Å². The van der Waals surface area contributed by atoms with E-state index < -0.39 is 0 Å². The molecule has 7 heteroatoms. The van der Waals surface area contributed by atoms with Gasteiger partial charge in [0.2, 0.25) is 0 Å². The minimum absolute atomic E-state index is 0.482. The van der Waals surface area contributed by atoms with Gasteiger partial charge in [-0.1, -0.05) is 0 Å². The first-order valence-corrected chi connectivity index (χ1v) is 8.97. The lowest BCUT2D eigenvalue weighted by molar-refractivity contribution is 0.0233. The Balaban J connectivity index is 1.46. The first-order chi connectivity index (χ1) is 11.8. The molecule has 0 radical (unpaired) electrons. The molecular formula is C17H26N6O. The minimum atomic E-state index is 0.482. The summed E-state index contributed by atoms with van der Waals surface area (Å²) in [6, 6.07) is 0.681. The van der Waals surface area contributed by atoms with Gasteiger partial charge in [0.05, 0.1) is 12.9 Å². The molecule has 0 N–H and O–H groups in total. The van der Waals surface area contributed by atoms with Gasteiger partial charge in [-0.2, -0.15) is 0 Å². The zero-order chi connectivity index (χ0) is 16.4. The van der Waals surface area contributed by atoms with Crippen LogP contribution in [-0.2, 0) is 18.3 Å². The zero-order valence-corrected chi connectivity index (χ0v) is 14.3. The highest BCUT2D eigenvalue weighted by molar-refractivity contribution is 5.05. The van der Waals surface area contributed by atoms with Crippen molar-refractivity contribution in [2.24, 2.45) is 7.05 Å². The summed E-state index contributed by atoms with van der Waals surface area (Å²) in [4.78, 5) is 6.75. The van der Waals surface area contributed by atoms with Gasteiger partial charge >= 0.3 is 0 Å². The summed E-state index contributed by atoms with van der Waals surface area (Å²) >= 11 is 0. The molecule has 2 saturated heterocycles. The van der Waals surface area contributed by atoms with Crippen molar-refractivity contribution in [3.63, 3.8) is 0 Å². The molecule has 2 aliphatic heterocycles. The van der Waals surface area contributed by atoms with Crippen molar-refractivity contribution in [3.8, 4) is 0 Å². The summed E-state index contributed by atoms with van der Waals surface area (Å²) in [6.07, 6.45) is 10.4. The van der Waals surface area contributed by atoms with E-state index in [1.54, 1.807) is 6.20 Å². The SMILES string of the molecule is Cn1c(Cn2ccnc2)nnc1C1CCCN(C2CCOCC2)C1. The van der Waals surface area contributed by atoms with Crippen LogP contribution in [0.4, 0.5) is 0 Å². The Morgan fingerprint density at radius 1 is 1.21 bits per heavy atom. The fourth-order valence-corrected chi connectivity index (χ4v) is 4.01. The van der Waals surface area contributed by atoms with Crippen molar-refractivity contribution in [2.75, 3.05) is 26.3 Å². The highest BCUT2D eigenvalue weighted by atomic mass is 16.5. The lowest BCUT2D eigenvalue weighted by Crippen LogP contribution is -2.45. The predicted octanol–water partition coefficient (Wildman–Crippen LogP) is 1.42. The van der Waals surface area contributed by atoms with Crippen LogP contribution in [0.25, 0.3) is 0 Å². The molecule has 24 heavy (non-hydrogen) atoms. The molecule has 4 rings (SSSR count). The van der Waals surface area contributed by atoms with Gasteiger partial charge in [-0.25, -0.2) is 4.98 Å². The van der Waals surface area contributed by atoms with Crippen molar-refractivity contribution in [1.29, 1.82) is 0 Å². The molecule has 0 aromatic carbocycles. The summed E-state index contributed by atoms with van der Waals surface area (Å²) in [5.41, 5.74) is 0. The second-order valence-corrected chi connectivity index (χ2v) is 6.95. The Kier molecular flexibility index (Phi) is 4.62. The van der Waals surface area contributed by atoms with Crippen LogP contribution in [0, 0.1) is 0 Å². The van der Waals surface area contributed by atoms with Gasteiger partial charge in [0.25, 0.3) is 0 Å². The van der Waals surface area contributed by atoms with Crippen LogP contribution >= 0.6 is 0 Å². The topological polar surface area (TPSA) is 61.0 Å². The van der Waals surface area contributed by atoms with E-state index in [1.807, 2.05) is 17.1 Å². The van der Waals surface area contributed by atoms with Crippen LogP contribution in [0.3, 0.4) is 0 Å². The van der Waals surface area contributed by atoms with Crippen molar-refractivity contribution in [1.82, 2.24) is 29.2 Å². The van der Waals surface area contributed by atoms with Gasteiger partial charge < -0.3 is 13.9 Å². The van der Waals surface area contributed by atoms with Crippen LogP contribution in [0.5, 0.6) is 0 Å². The molecule has 1 unspecified atom stereocenters. The van der Waals surface area contributed by atoms with E-state index in [2.05, 4.69) is 31.7 Å². The van der Waals surface area contributed by atoms with Crippen LogP contribution in [0.2, 0.25) is 0 Å². The Hall–Kier alpha value is -1.73. The Bertz CT molecular complexity index is 646. The van der Waals surface area contributed by atoms with Gasteiger partial charge in [-0.15, -0.1) is 10.2 Å². The number of nitrogens with zero attached hydrogens (tertiary/aromatic N) is 6. The Morgan fingerprint density at radius 3 is 2.88 bits per heavy atom. The van der Waals surface area contributed by atoms with E-state index in [9.17, 15) is 0 Å². The minimum Gasteiger partial charge on any atom is -0.381 e. The fraction of sp³-hybridized carbons (Fsp3) is 0.706. The van der Waals surface area contributed by atoms with Crippen LogP contribution in [-0.4, -0.2) is 61.6 Å². The Labute approximate surface area is 142 Å². The van der Waals surface area contributed by atoms with Gasteiger partial charge in [-0.3, -0.25) is 4.90 Å².